The van der Waals surface area contributed by atoms with Crippen molar-refractivity contribution in [2.24, 2.45) is 0 Å². The van der Waals surface area contributed by atoms with Gasteiger partial charge >= 0.3 is 0 Å². The smallest absolute Gasteiger partial charge is 0.119 e. The molecule has 0 aliphatic heterocycles. The van der Waals surface area contributed by atoms with Gasteiger partial charge in [-0.2, -0.15) is 0 Å². The molecular formula is C15H18BrNOS. The molecule has 1 unspecified atom stereocenters. The number of nitrogens with one attached hydrogen (secondary N) is 1. The Morgan fingerprint density at radius 1 is 1.32 bits per heavy atom. The Morgan fingerprint density at radius 3 is 2.79 bits per heavy atom. The lowest BCUT2D eigenvalue weighted by Crippen LogP contribution is -2.21. The van der Waals surface area contributed by atoms with Gasteiger partial charge in [-0.05, 0) is 53.2 Å². The highest BCUT2D eigenvalue weighted by Crippen LogP contribution is 2.31. The first-order valence-corrected chi connectivity index (χ1v) is 8.12. The van der Waals surface area contributed by atoms with E-state index in [-0.39, 0.29) is 6.04 Å². The third kappa shape index (κ3) is 3.81. The Morgan fingerprint density at radius 2 is 2.16 bits per heavy atom. The van der Waals surface area contributed by atoms with Crippen LogP contribution in [-0.2, 0) is 0 Å². The molecule has 0 fully saturated rings. The van der Waals surface area contributed by atoms with Crippen molar-refractivity contribution in [2.45, 2.75) is 19.9 Å². The minimum Gasteiger partial charge on any atom is -0.494 e. The maximum absolute atomic E-state index is 5.58. The van der Waals surface area contributed by atoms with Crippen molar-refractivity contribution in [3.8, 4) is 5.75 Å². The van der Waals surface area contributed by atoms with E-state index in [1.54, 1.807) is 11.3 Å². The molecule has 0 saturated heterocycles. The van der Waals surface area contributed by atoms with E-state index >= 15 is 0 Å². The van der Waals surface area contributed by atoms with Crippen molar-refractivity contribution >= 4 is 27.3 Å². The lowest BCUT2D eigenvalue weighted by Gasteiger charge is -2.17. The van der Waals surface area contributed by atoms with Gasteiger partial charge in [0.05, 0.1) is 12.6 Å². The average molecular weight is 340 g/mol. The fourth-order valence-electron chi connectivity index (χ4n) is 2.02. The summed E-state index contributed by atoms with van der Waals surface area (Å²) >= 11 is 5.28. The van der Waals surface area contributed by atoms with Gasteiger partial charge in [-0.25, -0.2) is 0 Å². The molecule has 0 amide bonds. The lowest BCUT2D eigenvalue weighted by atomic mass is 10.1. The van der Waals surface area contributed by atoms with Crippen LogP contribution in [0.25, 0.3) is 0 Å². The van der Waals surface area contributed by atoms with Crippen LogP contribution in [0.3, 0.4) is 0 Å². The molecule has 1 atom stereocenters. The Kier molecular flexibility index (Phi) is 5.43. The first-order valence-electron chi connectivity index (χ1n) is 6.44. The second-order valence-electron chi connectivity index (χ2n) is 4.16. The molecule has 2 aromatic rings. The molecule has 0 bridgehead atoms. The van der Waals surface area contributed by atoms with Crippen LogP contribution in [-0.4, -0.2) is 13.2 Å². The van der Waals surface area contributed by atoms with Crippen molar-refractivity contribution in [1.82, 2.24) is 5.32 Å². The third-order valence-corrected chi connectivity index (χ3v) is 4.54. The largest absolute Gasteiger partial charge is 0.494 e. The van der Waals surface area contributed by atoms with E-state index in [4.69, 9.17) is 4.74 Å². The van der Waals surface area contributed by atoms with Gasteiger partial charge in [-0.15, -0.1) is 11.3 Å². The standard InChI is InChI=1S/C15H18BrNOS/c1-3-17-15(14-9-12(16)10-19-14)11-6-5-7-13(8-11)18-4-2/h5-10,15,17H,3-4H2,1-2H3. The molecule has 19 heavy (non-hydrogen) atoms. The predicted octanol–water partition coefficient (Wildman–Crippen LogP) is 4.61. The first kappa shape index (κ1) is 14.6. The minimum atomic E-state index is 0.224. The van der Waals surface area contributed by atoms with Crippen LogP contribution in [0.1, 0.15) is 30.3 Å². The van der Waals surface area contributed by atoms with Gasteiger partial charge in [0.2, 0.25) is 0 Å². The van der Waals surface area contributed by atoms with Crippen molar-refractivity contribution in [2.75, 3.05) is 13.2 Å². The molecule has 0 spiro atoms. The number of hydrogen-bond donors (Lipinski definition) is 1. The second-order valence-corrected chi connectivity index (χ2v) is 6.02. The van der Waals surface area contributed by atoms with E-state index in [2.05, 4.69) is 51.7 Å². The molecule has 102 valence electrons. The van der Waals surface area contributed by atoms with Crippen LogP contribution in [0.2, 0.25) is 0 Å². The van der Waals surface area contributed by atoms with E-state index in [9.17, 15) is 0 Å². The van der Waals surface area contributed by atoms with Crippen LogP contribution < -0.4 is 10.1 Å². The van der Waals surface area contributed by atoms with Crippen molar-refractivity contribution in [1.29, 1.82) is 0 Å². The molecule has 2 rings (SSSR count). The highest BCUT2D eigenvalue weighted by molar-refractivity contribution is 9.10. The highest BCUT2D eigenvalue weighted by Gasteiger charge is 2.15. The average Bonchev–Trinajstić information content (AvgIpc) is 2.83. The summed E-state index contributed by atoms with van der Waals surface area (Å²) in [5.41, 5.74) is 1.24. The van der Waals surface area contributed by atoms with E-state index in [0.717, 1.165) is 16.8 Å². The van der Waals surface area contributed by atoms with Crippen LogP contribution >= 0.6 is 27.3 Å². The molecule has 1 heterocycles. The van der Waals surface area contributed by atoms with Gasteiger partial charge < -0.3 is 10.1 Å². The van der Waals surface area contributed by atoms with E-state index in [0.29, 0.717) is 6.61 Å². The quantitative estimate of drug-likeness (QED) is 0.829. The maximum atomic E-state index is 5.58. The van der Waals surface area contributed by atoms with Gasteiger partial charge in [-0.1, -0.05) is 19.1 Å². The van der Waals surface area contributed by atoms with Crippen molar-refractivity contribution in [3.05, 3.63) is 50.6 Å². The van der Waals surface area contributed by atoms with Crippen LogP contribution in [0.15, 0.2) is 40.2 Å². The summed E-state index contributed by atoms with van der Waals surface area (Å²) in [7, 11) is 0. The van der Waals surface area contributed by atoms with Crippen molar-refractivity contribution in [3.63, 3.8) is 0 Å². The summed E-state index contributed by atoms with van der Waals surface area (Å²) in [6.07, 6.45) is 0. The molecule has 0 saturated carbocycles. The summed E-state index contributed by atoms with van der Waals surface area (Å²) in [5.74, 6) is 0.929. The summed E-state index contributed by atoms with van der Waals surface area (Å²) in [6, 6.07) is 10.7. The molecular weight excluding hydrogens is 322 g/mol. The monoisotopic (exact) mass is 339 g/mol. The summed E-state index contributed by atoms with van der Waals surface area (Å²) in [5, 5.41) is 5.65. The van der Waals surface area contributed by atoms with Crippen molar-refractivity contribution < 1.29 is 4.74 Å². The zero-order chi connectivity index (χ0) is 13.7. The molecule has 0 aliphatic carbocycles. The zero-order valence-corrected chi connectivity index (χ0v) is 13.6. The van der Waals surface area contributed by atoms with Gasteiger partial charge in [0.1, 0.15) is 5.75 Å². The van der Waals surface area contributed by atoms with E-state index in [1.165, 1.54) is 10.4 Å². The summed E-state index contributed by atoms with van der Waals surface area (Å²) in [6.45, 7) is 5.76. The van der Waals surface area contributed by atoms with Crippen LogP contribution in [0.4, 0.5) is 0 Å². The number of thiophene rings is 1. The number of hydrogen-bond acceptors (Lipinski definition) is 3. The SMILES string of the molecule is CCNC(c1cccc(OCC)c1)c1cc(Br)cs1. The Hall–Kier alpha value is -0.840. The minimum absolute atomic E-state index is 0.224. The predicted molar refractivity (Wildman–Crippen MR) is 85.1 cm³/mol. The molecule has 4 heteroatoms. The summed E-state index contributed by atoms with van der Waals surface area (Å²) < 4.78 is 6.72. The fraction of sp³-hybridized carbons (Fsp3) is 0.333. The maximum Gasteiger partial charge on any atom is 0.119 e. The molecule has 2 nitrogen and oxygen atoms in total. The molecule has 0 radical (unpaired) electrons. The highest BCUT2D eigenvalue weighted by atomic mass is 79.9. The Bertz CT molecular complexity index is 526. The second kappa shape index (κ2) is 7.08. The topological polar surface area (TPSA) is 21.3 Å². The van der Waals surface area contributed by atoms with E-state index in [1.807, 2.05) is 19.1 Å². The van der Waals surface area contributed by atoms with E-state index < -0.39 is 0 Å². The number of benzene rings is 1. The van der Waals surface area contributed by atoms with Gasteiger partial charge in [0.15, 0.2) is 0 Å². The van der Waals surface area contributed by atoms with Gasteiger partial charge in [0, 0.05) is 14.7 Å². The van der Waals surface area contributed by atoms with Gasteiger partial charge in [0.25, 0.3) is 0 Å². The Labute approximate surface area is 126 Å². The molecule has 0 aliphatic rings. The first-order chi connectivity index (χ1) is 9.24. The molecule has 1 N–H and O–H groups in total. The number of ether oxygens (including phenoxy) is 1. The molecule has 1 aromatic carbocycles. The normalized spacial score (nSPS) is 12.4. The summed E-state index contributed by atoms with van der Waals surface area (Å²) in [4.78, 5) is 1.31. The number of halogens is 1. The lowest BCUT2D eigenvalue weighted by molar-refractivity contribution is 0.339. The third-order valence-electron chi connectivity index (χ3n) is 2.78. The van der Waals surface area contributed by atoms with Crippen LogP contribution in [0.5, 0.6) is 5.75 Å². The fourth-order valence-corrected chi connectivity index (χ4v) is 3.56. The Balaban J connectivity index is 2.30. The molecule has 1 aromatic heterocycles. The van der Waals surface area contributed by atoms with Gasteiger partial charge in [-0.3, -0.25) is 0 Å². The zero-order valence-electron chi connectivity index (χ0n) is 11.2. The number of rotatable bonds is 6. The van der Waals surface area contributed by atoms with Crippen LogP contribution in [0, 0.1) is 0 Å².